The Morgan fingerprint density at radius 1 is 0.900 bits per heavy atom. The van der Waals surface area contributed by atoms with Crippen LogP contribution in [-0.4, -0.2) is 38.3 Å². The molecule has 0 unspecified atom stereocenters. The minimum Gasteiger partial charge on any atom is -0.490 e. The zero-order valence-corrected chi connectivity index (χ0v) is 17.9. The van der Waals surface area contributed by atoms with Crippen LogP contribution < -0.4 is 19.5 Å². The maximum absolute atomic E-state index is 12.5. The molecular formula is C23H29NO6. The van der Waals surface area contributed by atoms with Gasteiger partial charge < -0.3 is 24.3 Å². The number of nitrogens with one attached hydrogen (secondary N) is 1. The molecule has 0 saturated carbocycles. The minimum atomic E-state index is -0.647. The van der Waals surface area contributed by atoms with E-state index in [0.717, 1.165) is 11.1 Å². The number of carbonyl (C=O) groups is 2. The van der Waals surface area contributed by atoms with Gasteiger partial charge in [0.05, 0.1) is 25.4 Å². The summed E-state index contributed by atoms with van der Waals surface area (Å²) in [5.41, 5.74) is 2.31. The molecule has 0 bridgehead atoms. The molecule has 0 radical (unpaired) electrons. The summed E-state index contributed by atoms with van der Waals surface area (Å²) < 4.78 is 22.0. The number of hydrogen-bond donors (Lipinski definition) is 1. The van der Waals surface area contributed by atoms with Crippen molar-refractivity contribution in [3.8, 4) is 17.2 Å². The molecule has 0 spiro atoms. The van der Waals surface area contributed by atoms with Gasteiger partial charge in [0.25, 0.3) is 5.91 Å². The summed E-state index contributed by atoms with van der Waals surface area (Å²) in [6, 6.07) is 10.8. The van der Waals surface area contributed by atoms with E-state index in [2.05, 4.69) is 5.32 Å². The maximum atomic E-state index is 12.5. The average molecular weight is 415 g/mol. The third-order valence-electron chi connectivity index (χ3n) is 4.22. The highest BCUT2D eigenvalue weighted by atomic mass is 16.5. The molecule has 0 atom stereocenters. The van der Waals surface area contributed by atoms with Gasteiger partial charge in [0.1, 0.15) is 0 Å². The number of amides is 1. The predicted octanol–water partition coefficient (Wildman–Crippen LogP) is 3.66. The first-order chi connectivity index (χ1) is 14.5. The van der Waals surface area contributed by atoms with Gasteiger partial charge in [0.2, 0.25) is 5.75 Å². The second-order valence-electron chi connectivity index (χ2n) is 6.38. The number of ether oxygens (including phenoxy) is 4. The number of rotatable bonds is 11. The Labute approximate surface area is 177 Å². The van der Waals surface area contributed by atoms with Gasteiger partial charge in [0.15, 0.2) is 18.1 Å². The molecule has 0 aromatic heterocycles. The van der Waals surface area contributed by atoms with Crippen molar-refractivity contribution in [3.05, 3.63) is 53.1 Å². The predicted molar refractivity (Wildman–Crippen MR) is 113 cm³/mol. The molecular weight excluding hydrogens is 386 g/mol. The van der Waals surface area contributed by atoms with Crippen LogP contribution >= 0.6 is 0 Å². The molecule has 2 rings (SSSR count). The van der Waals surface area contributed by atoms with E-state index in [-0.39, 0.29) is 18.1 Å². The van der Waals surface area contributed by atoms with Crippen molar-refractivity contribution in [1.29, 1.82) is 0 Å². The van der Waals surface area contributed by atoms with Crippen molar-refractivity contribution in [2.24, 2.45) is 0 Å². The van der Waals surface area contributed by atoms with Crippen LogP contribution in [0.2, 0.25) is 0 Å². The van der Waals surface area contributed by atoms with Crippen molar-refractivity contribution < 1.29 is 28.5 Å². The van der Waals surface area contributed by atoms with Gasteiger partial charge in [-0.3, -0.25) is 4.79 Å². The molecule has 1 amide bonds. The maximum Gasteiger partial charge on any atom is 0.338 e. The van der Waals surface area contributed by atoms with Crippen LogP contribution in [-0.2, 0) is 16.1 Å². The number of aryl methyl sites for hydroxylation is 1. The lowest BCUT2D eigenvalue weighted by molar-refractivity contribution is -0.124. The summed E-state index contributed by atoms with van der Waals surface area (Å²) in [5.74, 6) is 0.190. The van der Waals surface area contributed by atoms with Crippen molar-refractivity contribution in [1.82, 2.24) is 5.32 Å². The smallest absolute Gasteiger partial charge is 0.338 e. The zero-order valence-electron chi connectivity index (χ0n) is 17.9. The van der Waals surface area contributed by atoms with Crippen molar-refractivity contribution >= 4 is 11.9 Å². The van der Waals surface area contributed by atoms with Crippen molar-refractivity contribution in [2.45, 2.75) is 34.2 Å². The third-order valence-corrected chi connectivity index (χ3v) is 4.22. The van der Waals surface area contributed by atoms with E-state index in [1.165, 1.54) is 12.1 Å². The monoisotopic (exact) mass is 415 g/mol. The molecule has 162 valence electrons. The van der Waals surface area contributed by atoms with Crippen LogP contribution in [0.15, 0.2) is 36.4 Å². The fraction of sp³-hybridized carbons (Fsp3) is 0.391. The Kier molecular flexibility index (Phi) is 9.00. The molecule has 0 aliphatic heterocycles. The highest BCUT2D eigenvalue weighted by Crippen LogP contribution is 2.39. The quantitative estimate of drug-likeness (QED) is 0.564. The van der Waals surface area contributed by atoms with E-state index in [9.17, 15) is 9.59 Å². The molecule has 2 aromatic rings. The summed E-state index contributed by atoms with van der Waals surface area (Å²) in [6.45, 7) is 8.69. The molecule has 0 fully saturated rings. The van der Waals surface area contributed by atoms with E-state index in [0.29, 0.717) is 43.6 Å². The lowest BCUT2D eigenvalue weighted by atomic mass is 10.1. The zero-order chi connectivity index (χ0) is 21.9. The Morgan fingerprint density at radius 3 is 2.07 bits per heavy atom. The third kappa shape index (κ3) is 6.40. The standard InChI is InChI=1S/C23H29NO6/c1-5-27-19-12-18(13-20(28-6-2)22(19)29-7-3)23(26)30-15-21(25)24-14-17-11-9-8-10-16(17)4/h8-13H,5-7,14-15H2,1-4H3,(H,24,25). The van der Waals surface area contributed by atoms with E-state index < -0.39 is 5.97 Å². The second kappa shape index (κ2) is 11.7. The Hall–Kier alpha value is -3.22. The topological polar surface area (TPSA) is 83.1 Å². The molecule has 7 heteroatoms. The first-order valence-electron chi connectivity index (χ1n) is 10.0. The van der Waals surface area contributed by atoms with E-state index in [1.807, 2.05) is 52.0 Å². The molecule has 0 saturated heterocycles. The molecule has 2 aromatic carbocycles. The average Bonchev–Trinajstić information content (AvgIpc) is 2.73. The number of hydrogen-bond acceptors (Lipinski definition) is 6. The van der Waals surface area contributed by atoms with Gasteiger partial charge in [-0.05, 0) is 51.0 Å². The molecule has 0 aliphatic carbocycles. The lowest BCUT2D eigenvalue weighted by Crippen LogP contribution is -2.28. The Balaban J connectivity index is 2.04. The van der Waals surface area contributed by atoms with Gasteiger partial charge in [-0.25, -0.2) is 4.79 Å². The second-order valence-corrected chi connectivity index (χ2v) is 6.38. The molecule has 0 heterocycles. The van der Waals surface area contributed by atoms with Crippen LogP contribution in [0.25, 0.3) is 0 Å². The summed E-state index contributed by atoms with van der Waals surface area (Å²) >= 11 is 0. The number of benzene rings is 2. The molecule has 0 aliphatic rings. The van der Waals surface area contributed by atoms with Gasteiger partial charge in [0, 0.05) is 6.54 Å². The van der Waals surface area contributed by atoms with Gasteiger partial charge in [-0.2, -0.15) is 0 Å². The molecule has 7 nitrogen and oxygen atoms in total. The highest BCUT2D eigenvalue weighted by Gasteiger charge is 2.19. The van der Waals surface area contributed by atoms with Gasteiger partial charge >= 0.3 is 5.97 Å². The van der Waals surface area contributed by atoms with Crippen molar-refractivity contribution in [2.75, 3.05) is 26.4 Å². The van der Waals surface area contributed by atoms with Crippen LogP contribution in [0, 0.1) is 6.92 Å². The first-order valence-corrected chi connectivity index (χ1v) is 10.0. The van der Waals surface area contributed by atoms with E-state index >= 15 is 0 Å². The summed E-state index contributed by atoms with van der Waals surface area (Å²) in [4.78, 5) is 24.6. The molecule has 1 N–H and O–H groups in total. The van der Waals surface area contributed by atoms with Crippen LogP contribution in [0.3, 0.4) is 0 Å². The Bertz CT molecular complexity index is 838. The molecule has 30 heavy (non-hydrogen) atoms. The SMILES string of the molecule is CCOc1cc(C(=O)OCC(=O)NCc2ccccc2C)cc(OCC)c1OCC. The number of esters is 1. The summed E-state index contributed by atoms with van der Waals surface area (Å²) in [6.07, 6.45) is 0. The van der Waals surface area contributed by atoms with Gasteiger partial charge in [-0.15, -0.1) is 0 Å². The van der Waals surface area contributed by atoms with Crippen LogP contribution in [0.1, 0.15) is 42.3 Å². The van der Waals surface area contributed by atoms with Crippen LogP contribution in [0.5, 0.6) is 17.2 Å². The number of carbonyl (C=O) groups excluding carboxylic acids is 2. The normalized spacial score (nSPS) is 10.3. The summed E-state index contributed by atoms with van der Waals surface area (Å²) in [5, 5.41) is 2.75. The first kappa shape index (κ1) is 23.1. The fourth-order valence-electron chi connectivity index (χ4n) is 2.77. The highest BCUT2D eigenvalue weighted by molar-refractivity contribution is 5.92. The van der Waals surface area contributed by atoms with Gasteiger partial charge in [-0.1, -0.05) is 24.3 Å². The Morgan fingerprint density at radius 2 is 1.50 bits per heavy atom. The van der Waals surface area contributed by atoms with E-state index in [1.54, 1.807) is 0 Å². The van der Waals surface area contributed by atoms with Crippen molar-refractivity contribution in [3.63, 3.8) is 0 Å². The van der Waals surface area contributed by atoms with Crippen LogP contribution in [0.4, 0.5) is 0 Å². The lowest BCUT2D eigenvalue weighted by Gasteiger charge is -2.16. The largest absolute Gasteiger partial charge is 0.490 e. The van der Waals surface area contributed by atoms with E-state index in [4.69, 9.17) is 18.9 Å². The minimum absolute atomic E-state index is 0.219. The summed E-state index contributed by atoms with van der Waals surface area (Å²) in [7, 11) is 0. The fourth-order valence-corrected chi connectivity index (χ4v) is 2.77.